The first-order valence-electron chi connectivity index (χ1n) is 9.43. The minimum atomic E-state index is -0.0934. The second-order valence-electron chi connectivity index (χ2n) is 7.11. The highest BCUT2D eigenvalue weighted by Gasteiger charge is 2.26. The number of aromatic nitrogens is 2. The second-order valence-corrected chi connectivity index (χ2v) is 7.11. The van der Waals surface area contributed by atoms with Gasteiger partial charge in [0.15, 0.2) is 0 Å². The molecule has 0 radical (unpaired) electrons. The van der Waals surface area contributed by atoms with Crippen molar-refractivity contribution in [1.29, 1.82) is 0 Å². The molecule has 1 unspecified atom stereocenters. The fraction of sp³-hybridized carbons (Fsp3) is 0.318. The number of aryl methyl sites for hydroxylation is 2. The molecular weight excluding hydrogens is 338 g/mol. The van der Waals surface area contributed by atoms with Gasteiger partial charge in [-0.25, -0.2) is 0 Å². The van der Waals surface area contributed by atoms with Gasteiger partial charge in [-0.3, -0.25) is 14.3 Å². The van der Waals surface area contributed by atoms with Crippen LogP contribution in [0.2, 0.25) is 0 Å². The lowest BCUT2D eigenvalue weighted by molar-refractivity contribution is -0.132. The SMILES string of the molecule is CN(C(=O)CCn1ncc(=O)c2ccccc21)C1CCCc2ccccc21. The van der Waals surface area contributed by atoms with Crippen molar-refractivity contribution < 1.29 is 4.79 Å². The van der Waals surface area contributed by atoms with E-state index >= 15 is 0 Å². The summed E-state index contributed by atoms with van der Waals surface area (Å²) in [4.78, 5) is 26.7. The van der Waals surface area contributed by atoms with E-state index in [9.17, 15) is 9.59 Å². The quantitative estimate of drug-likeness (QED) is 0.716. The Balaban J connectivity index is 1.51. The van der Waals surface area contributed by atoms with Crippen molar-refractivity contribution in [3.63, 3.8) is 0 Å². The normalized spacial score (nSPS) is 16.1. The van der Waals surface area contributed by atoms with Crippen LogP contribution in [-0.4, -0.2) is 27.6 Å². The Morgan fingerprint density at radius 2 is 1.96 bits per heavy atom. The number of rotatable bonds is 4. The third kappa shape index (κ3) is 3.37. The molecule has 4 rings (SSSR count). The van der Waals surface area contributed by atoms with Crippen LogP contribution in [0.5, 0.6) is 0 Å². The summed E-state index contributed by atoms with van der Waals surface area (Å²) in [6, 6.07) is 15.9. The molecule has 0 fully saturated rings. The molecule has 1 aliphatic rings. The molecule has 0 saturated heterocycles. The highest BCUT2D eigenvalue weighted by atomic mass is 16.2. The number of fused-ring (bicyclic) bond motifs is 2. The highest BCUT2D eigenvalue weighted by Crippen LogP contribution is 2.33. The van der Waals surface area contributed by atoms with E-state index in [-0.39, 0.29) is 17.4 Å². The zero-order valence-corrected chi connectivity index (χ0v) is 15.5. The molecule has 1 heterocycles. The van der Waals surface area contributed by atoms with E-state index in [1.54, 1.807) is 10.7 Å². The summed E-state index contributed by atoms with van der Waals surface area (Å²) in [6.45, 7) is 0.457. The Hall–Kier alpha value is -2.95. The van der Waals surface area contributed by atoms with Gasteiger partial charge in [-0.1, -0.05) is 36.4 Å². The molecule has 0 N–H and O–H groups in total. The lowest BCUT2D eigenvalue weighted by Gasteiger charge is -2.33. The summed E-state index contributed by atoms with van der Waals surface area (Å²) in [5, 5.41) is 4.85. The zero-order valence-electron chi connectivity index (χ0n) is 15.5. The van der Waals surface area contributed by atoms with Crippen LogP contribution in [0.4, 0.5) is 0 Å². The Morgan fingerprint density at radius 3 is 2.85 bits per heavy atom. The molecule has 5 nitrogen and oxygen atoms in total. The third-order valence-corrected chi connectivity index (χ3v) is 5.50. The van der Waals surface area contributed by atoms with Crippen LogP contribution in [0.15, 0.2) is 59.5 Å². The monoisotopic (exact) mass is 361 g/mol. The van der Waals surface area contributed by atoms with E-state index in [1.807, 2.05) is 36.2 Å². The van der Waals surface area contributed by atoms with Gasteiger partial charge in [0.25, 0.3) is 0 Å². The van der Waals surface area contributed by atoms with Crippen LogP contribution in [0, 0.1) is 0 Å². The summed E-state index contributed by atoms with van der Waals surface area (Å²) in [5.41, 5.74) is 3.29. The van der Waals surface area contributed by atoms with Crippen molar-refractivity contribution in [2.45, 2.75) is 38.3 Å². The number of hydrogen-bond acceptors (Lipinski definition) is 3. The molecule has 1 amide bonds. The smallest absolute Gasteiger partial charge is 0.224 e. The fourth-order valence-corrected chi connectivity index (χ4v) is 4.02. The Bertz CT molecular complexity index is 1040. The Morgan fingerprint density at radius 1 is 1.19 bits per heavy atom. The lowest BCUT2D eigenvalue weighted by atomic mass is 9.87. The summed E-state index contributed by atoms with van der Waals surface area (Å²) >= 11 is 0. The molecule has 0 bridgehead atoms. The van der Waals surface area contributed by atoms with Crippen molar-refractivity contribution in [3.8, 4) is 0 Å². The maximum absolute atomic E-state index is 12.9. The van der Waals surface area contributed by atoms with Crippen molar-refractivity contribution in [1.82, 2.24) is 14.7 Å². The molecule has 1 aliphatic carbocycles. The van der Waals surface area contributed by atoms with Crippen LogP contribution in [-0.2, 0) is 17.8 Å². The molecule has 3 aromatic rings. The van der Waals surface area contributed by atoms with Crippen LogP contribution in [0.3, 0.4) is 0 Å². The molecule has 5 heteroatoms. The number of carbonyl (C=O) groups is 1. The number of benzene rings is 2. The van der Waals surface area contributed by atoms with Crippen molar-refractivity contribution in [2.24, 2.45) is 0 Å². The molecule has 0 aliphatic heterocycles. The first-order chi connectivity index (χ1) is 13.1. The van der Waals surface area contributed by atoms with Gasteiger partial charge in [-0.05, 0) is 42.5 Å². The number of nitrogens with zero attached hydrogens (tertiary/aromatic N) is 3. The predicted octanol–water partition coefficient (Wildman–Crippen LogP) is 3.32. The molecule has 0 saturated carbocycles. The van der Waals surface area contributed by atoms with Crippen molar-refractivity contribution in [2.75, 3.05) is 7.05 Å². The minimum Gasteiger partial charge on any atom is -0.339 e. The minimum absolute atomic E-state index is 0.0934. The van der Waals surface area contributed by atoms with Gasteiger partial charge in [0.1, 0.15) is 0 Å². The van der Waals surface area contributed by atoms with Gasteiger partial charge in [0.05, 0.1) is 24.3 Å². The highest BCUT2D eigenvalue weighted by molar-refractivity contribution is 5.79. The summed E-state index contributed by atoms with van der Waals surface area (Å²) < 4.78 is 1.75. The predicted molar refractivity (Wildman–Crippen MR) is 106 cm³/mol. The van der Waals surface area contributed by atoms with E-state index in [1.165, 1.54) is 17.3 Å². The van der Waals surface area contributed by atoms with Gasteiger partial charge in [0, 0.05) is 18.9 Å². The van der Waals surface area contributed by atoms with E-state index in [0.29, 0.717) is 18.4 Å². The first-order valence-corrected chi connectivity index (χ1v) is 9.43. The van der Waals surface area contributed by atoms with Crippen LogP contribution >= 0.6 is 0 Å². The zero-order chi connectivity index (χ0) is 18.8. The standard InChI is InChI=1S/C22H23N3O2/c1-24(19-12-6-8-16-7-2-3-9-17(16)19)22(27)13-14-25-20-11-5-4-10-18(20)21(26)15-23-25/h2-5,7,9-11,15,19H,6,8,12-14H2,1H3. The molecular formula is C22H23N3O2. The Kier molecular flexibility index (Phi) is 4.75. The maximum atomic E-state index is 12.9. The average molecular weight is 361 g/mol. The lowest BCUT2D eigenvalue weighted by Crippen LogP contribution is -2.34. The second kappa shape index (κ2) is 7.35. The van der Waals surface area contributed by atoms with E-state index < -0.39 is 0 Å². The number of amides is 1. The Labute approximate surface area is 158 Å². The molecule has 1 aromatic heterocycles. The molecule has 1 atom stereocenters. The summed E-state index contributed by atoms with van der Waals surface area (Å²) in [5.74, 6) is 0.0984. The average Bonchev–Trinajstić information content (AvgIpc) is 2.72. The van der Waals surface area contributed by atoms with Crippen molar-refractivity contribution >= 4 is 16.8 Å². The van der Waals surface area contributed by atoms with Gasteiger partial charge in [-0.15, -0.1) is 0 Å². The molecule has 138 valence electrons. The largest absolute Gasteiger partial charge is 0.339 e. The molecule has 2 aromatic carbocycles. The van der Waals surface area contributed by atoms with Gasteiger partial charge in [0.2, 0.25) is 11.3 Å². The molecule has 0 spiro atoms. The maximum Gasteiger partial charge on any atom is 0.224 e. The third-order valence-electron chi connectivity index (χ3n) is 5.50. The number of para-hydroxylation sites is 1. The van der Waals surface area contributed by atoms with Crippen LogP contribution in [0.25, 0.3) is 10.9 Å². The van der Waals surface area contributed by atoms with E-state index in [0.717, 1.165) is 24.8 Å². The topological polar surface area (TPSA) is 55.2 Å². The molecule has 27 heavy (non-hydrogen) atoms. The van der Waals surface area contributed by atoms with E-state index in [4.69, 9.17) is 0 Å². The summed E-state index contributed by atoms with van der Waals surface area (Å²) in [6.07, 6.45) is 4.87. The summed E-state index contributed by atoms with van der Waals surface area (Å²) in [7, 11) is 1.89. The van der Waals surface area contributed by atoms with Gasteiger partial charge < -0.3 is 4.90 Å². The van der Waals surface area contributed by atoms with Crippen molar-refractivity contribution in [3.05, 3.63) is 76.1 Å². The number of carbonyl (C=O) groups excluding carboxylic acids is 1. The van der Waals surface area contributed by atoms with Gasteiger partial charge >= 0.3 is 0 Å². The van der Waals surface area contributed by atoms with Crippen LogP contribution in [0.1, 0.15) is 36.4 Å². The van der Waals surface area contributed by atoms with Crippen LogP contribution < -0.4 is 5.43 Å². The number of hydrogen-bond donors (Lipinski definition) is 0. The first kappa shape index (κ1) is 17.5. The fourth-order valence-electron chi connectivity index (χ4n) is 4.02. The van der Waals surface area contributed by atoms with E-state index in [2.05, 4.69) is 23.3 Å². The van der Waals surface area contributed by atoms with Gasteiger partial charge in [-0.2, -0.15) is 5.10 Å².